The molecule has 210 valence electrons. The molecule has 4 nitrogen and oxygen atoms in total. The molecule has 10 aromatic rings. The number of nitrogens with zero attached hydrogens (tertiary/aromatic N) is 4. The largest absolute Gasteiger partial charge is 0.309 e. The maximum atomic E-state index is 5.36. The lowest BCUT2D eigenvalue weighted by Gasteiger charge is -2.12. The molecular weight excluding hydrogens is 569 g/mol. The molecule has 0 spiro atoms. The summed E-state index contributed by atoms with van der Waals surface area (Å²) in [4.78, 5) is 10.6. The van der Waals surface area contributed by atoms with Crippen LogP contribution in [0.1, 0.15) is 0 Å². The lowest BCUT2D eigenvalue weighted by Crippen LogP contribution is -2.01. The molecule has 0 bridgehead atoms. The maximum Gasteiger partial charge on any atom is 0.162 e. The van der Waals surface area contributed by atoms with Gasteiger partial charge in [-0.25, -0.2) is 9.97 Å². The third kappa shape index (κ3) is 3.53. The highest BCUT2D eigenvalue weighted by atomic mass is 32.1. The van der Waals surface area contributed by atoms with Crippen LogP contribution in [0.15, 0.2) is 146 Å². The van der Waals surface area contributed by atoms with E-state index >= 15 is 0 Å². The van der Waals surface area contributed by atoms with E-state index in [-0.39, 0.29) is 0 Å². The van der Waals surface area contributed by atoms with Crippen LogP contribution >= 0.6 is 11.3 Å². The Balaban J connectivity index is 1.22. The first-order valence-corrected chi connectivity index (χ1v) is 15.9. The summed E-state index contributed by atoms with van der Waals surface area (Å²) >= 11 is 1.76. The Bertz CT molecular complexity index is 2660. The van der Waals surface area contributed by atoms with Crippen molar-refractivity contribution in [3.63, 3.8) is 0 Å². The van der Waals surface area contributed by atoms with E-state index in [1.807, 2.05) is 0 Å². The Morgan fingerprint density at radius 2 is 0.889 bits per heavy atom. The minimum atomic E-state index is 0.719. The fourth-order valence-electron chi connectivity index (χ4n) is 6.97. The molecule has 6 aromatic carbocycles. The molecule has 4 aromatic heterocycles. The average Bonchev–Trinajstić information content (AvgIpc) is 3.76. The Kier molecular flexibility index (Phi) is 5.12. The zero-order valence-corrected chi connectivity index (χ0v) is 24.9. The highest BCUT2D eigenvalue weighted by molar-refractivity contribution is 7.26. The minimum absolute atomic E-state index is 0.719. The predicted molar refractivity (Wildman–Crippen MR) is 189 cm³/mol. The lowest BCUT2D eigenvalue weighted by molar-refractivity contribution is 1.08. The summed E-state index contributed by atoms with van der Waals surface area (Å²) in [5.74, 6) is 1.64. The number of benzene rings is 6. The molecule has 0 amide bonds. The fraction of sp³-hybridized carbons (Fsp3) is 0. The molecule has 0 N–H and O–H groups in total. The van der Waals surface area contributed by atoms with Crippen LogP contribution in [0.4, 0.5) is 0 Å². The highest BCUT2D eigenvalue weighted by Crippen LogP contribution is 2.40. The molecule has 5 heteroatoms. The van der Waals surface area contributed by atoms with E-state index in [1.54, 1.807) is 11.3 Å². The molecule has 0 unspecified atom stereocenters. The minimum Gasteiger partial charge on any atom is -0.309 e. The van der Waals surface area contributed by atoms with E-state index in [0.717, 1.165) is 49.5 Å². The van der Waals surface area contributed by atoms with Gasteiger partial charge in [-0.05, 0) is 54.6 Å². The number of para-hydroxylation sites is 4. The molecule has 0 aliphatic rings. The van der Waals surface area contributed by atoms with Crippen LogP contribution in [0.2, 0.25) is 0 Å². The Labute approximate surface area is 262 Å². The fourth-order valence-corrected chi connectivity index (χ4v) is 8.09. The molecule has 45 heavy (non-hydrogen) atoms. The third-order valence-electron chi connectivity index (χ3n) is 8.96. The number of hydrogen-bond acceptors (Lipinski definition) is 3. The summed E-state index contributed by atoms with van der Waals surface area (Å²) in [5.41, 5.74) is 7.76. The van der Waals surface area contributed by atoms with Gasteiger partial charge in [0.05, 0.1) is 32.3 Å². The van der Waals surface area contributed by atoms with Gasteiger partial charge < -0.3 is 4.57 Å². The average molecular weight is 593 g/mol. The Morgan fingerprint density at radius 3 is 1.44 bits per heavy atom. The van der Waals surface area contributed by atoms with Crippen LogP contribution in [-0.4, -0.2) is 19.1 Å². The van der Waals surface area contributed by atoms with Gasteiger partial charge in [0.1, 0.15) is 0 Å². The van der Waals surface area contributed by atoms with Crippen molar-refractivity contribution in [3.05, 3.63) is 146 Å². The SMILES string of the molecule is c1ccc2c(c1)sc1c(-n3c4ccccc4c4ccccc43)nc(-c3ccc(-n4c5ccccc5c5ccccc54)cc3)nc12. The summed E-state index contributed by atoms with van der Waals surface area (Å²) in [6.07, 6.45) is 0. The van der Waals surface area contributed by atoms with Crippen molar-refractivity contribution in [2.45, 2.75) is 0 Å². The van der Waals surface area contributed by atoms with Gasteiger partial charge in [-0.3, -0.25) is 4.57 Å². The number of rotatable bonds is 3. The summed E-state index contributed by atoms with van der Waals surface area (Å²) in [6, 6.07) is 51.7. The zero-order chi connectivity index (χ0) is 29.5. The maximum absolute atomic E-state index is 5.36. The van der Waals surface area contributed by atoms with Crippen molar-refractivity contribution in [1.29, 1.82) is 0 Å². The molecule has 0 saturated carbocycles. The van der Waals surface area contributed by atoms with Crippen molar-refractivity contribution in [1.82, 2.24) is 19.1 Å². The first-order chi connectivity index (χ1) is 22.3. The quantitative estimate of drug-likeness (QED) is 0.205. The van der Waals surface area contributed by atoms with Crippen LogP contribution < -0.4 is 0 Å². The molecule has 0 saturated heterocycles. The third-order valence-corrected chi connectivity index (χ3v) is 10.1. The van der Waals surface area contributed by atoms with Gasteiger partial charge in [0.15, 0.2) is 11.6 Å². The van der Waals surface area contributed by atoms with Crippen LogP contribution in [0.25, 0.3) is 86.8 Å². The van der Waals surface area contributed by atoms with Gasteiger partial charge >= 0.3 is 0 Å². The second kappa shape index (κ2) is 9.36. The van der Waals surface area contributed by atoms with Gasteiger partial charge in [-0.15, -0.1) is 11.3 Å². The van der Waals surface area contributed by atoms with Crippen LogP contribution in [0.5, 0.6) is 0 Å². The molecule has 0 atom stereocenters. The lowest BCUT2D eigenvalue weighted by atomic mass is 10.1. The standard InChI is InChI=1S/C40H24N4S/c1-6-16-32-27(11-1)28-12-2-7-17-33(28)43(32)26-23-21-25(22-24-26)39-41-37-31-15-5-10-20-36(31)45-38(37)40(42-39)44-34-18-8-3-13-29(34)30-14-4-9-19-35(30)44/h1-24H. The summed E-state index contributed by atoms with van der Waals surface area (Å²) in [6.45, 7) is 0. The van der Waals surface area contributed by atoms with Gasteiger partial charge in [-0.1, -0.05) is 91.0 Å². The second-order valence-corrected chi connectivity index (χ2v) is 12.5. The van der Waals surface area contributed by atoms with Crippen LogP contribution in [0.3, 0.4) is 0 Å². The molecule has 10 rings (SSSR count). The van der Waals surface area contributed by atoms with E-state index in [9.17, 15) is 0 Å². The highest BCUT2D eigenvalue weighted by Gasteiger charge is 2.20. The Morgan fingerprint density at radius 1 is 0.422 bits per heavy atom. The van der Waals surface area contributed by atoms with E-state index in [0.29, 0.717) is 0 Å². The monoisotopic (exact) mass is 592 g/mol. The van der Waals surface area contributed by atoms with Gasteiger partial charge in [0.25, 0.3) is 0 Å². The van der Waals surface area contributed by atoms with E-state index in [4.69, 9.17) is 9.97 Å². The Hall–Kier alpha value is -5.78. The van der Waals surface area contributed by atoms with E-state index in [1.165, 1.54) is 37.3 Å². The van der Waals surface area contributed by atoms with Crippen LogP contribution in [-0.2, 0) is 0 Å². The van der Waals surface area contributed by atoms with Crippen molar-refractivity contribution in [2.24, 2.45) is 0 Å². The zero-order valence-electron chi connectivity index (χ0n) is 24.1. The number of thiophene rings is 1. The summed E-state index contributed by atoms with van der Waals surface area (Å²) < 4.78 is 6.96. The van der Waals surface area contributed by atoms with Crippen molar-refractivity contribution < 1.29 is 0 Å². The first-order valence-electron chi connectivity index (χ1n) is 15.1. The van der Waals surface area contributed by atoms with Crippen molar-refractivity contribution >= 4 is 75.3 Å². The van der Waals surface area contributed by atoms with Gasteiger partial charge in [0.2, 0.25) is 0 Å². The molecule has 0 fully saturated rings. The normalized spacial score (nSPS) is 12.0. The predicted octanol–water partition coefficient (Wildman–Crippen LogP) is 10.7. The molecule has 0 aliphatic heterocycles. The van der Waals surface area contributed by atoms with Crippen molar-refractivity contribution in [3.8, 4) is 22.9 Å². The summed E-state index contributed by atoms with van der Waals surface area (Å²) in [5, 5.41) is 6.11. The van der Waals surface area contributed by atoms with E-state index in [2.05, 4.69) is 155 Å². The van der Waals surface area contributed by atoms with Gasteiger partial charge in [-0.2, -0.15) is 0 Å². The molecule has 0 aliphatic carbocycles. The van der Waals surface area contributed by atoms with E-state index < -0.39 is 0 Å². The number of fused-ring (bicyclic) bond motifs is 9. The van der Waals surface area contributed by atoms with Crippen molar-refractivity contribution in [2.75, 3.05) is 0 Å². The number of aromatic nitrogens is 4. The second-order valence-electron chi connectivity index (χ2n) is 11.4. The molecule has 4 heterocycles. The first kappa shape index (κ1) is 24.6. The topological polar surface area (TPSA) is 35.6 Å². The summed E-state index contributed by atoms with van der Waals surface area (Å²) in [7, 11) is 0. The molecule has 0 radical (unpaired) electrons. The van der Waals surface area contributed by atoms with Gasteiger partial charge in [0, 0.05) is 42.9 Å². The van der Waals surface area contributed by atoms with Crippen LogP contribution in [0, 0.1) is 0 Å². The molecular formula is C40H24N4S. The smallest absolute Gasteiger partial charge is 0.162 e. The number of hydrogen-bond donors (Lipinski definition) is 0.